The van der Waals surface area contributed by atoms with E-state index in [2.05, 4.69) is 70.5 Å². The number of nitrogens with zero attached hydrogens (tertiary/aromatic N) is 1. The van der Waals surface area contributed by atoms with E-state index < -0.39 is 0 Å². The second-order valence-electron chi connectivity index (χ2n) is 14.6. The molecular formula is C34H51N. The highest BCUT2D eigenvalue weighted by Crippen LogP contribution is 2.68. The van der Waals surface area contributed by atoms with E-state index >= 15 is 0 Å². The van der Waals surface area contributed by atoms with Crippen molar-refractivity contribution in [3.8, 4) is 0 Å². The second-order valence-corrected chi connectivity index (χ2v) is 14.6. The summed E-state index contributed by atoms with van der Waals surface area (Å²) in [5.74, 6) is 6.56. The molecule has 1 nitrogen and oxygen atoms in total. The molecule has 0 aliphatic heterocycles. The molecule has 192 valence electrons. The van der Waals surface area contributed by atoms with E-state index in [1.165, 1.54) is 76.1 Å². The van der Waals surface area contributed by atoms with Crippen LogP contribution in [0.15, 0.2) is 24.3 Å². The third-order valence-corrected chi connectivity index (χ3v) is 12.6. The van der Waals surface area contributed by atoms with Crippen molar-refractivity contribution >= 4 is 10.9 Å². The van der Waals surface area contributed by atoms with Crippen molar-refractivity contribution in [1.29, 1.82) is 0 Å². The third kappa shape index (κ3) is 3.60. The van der Waals surface area contributed by atoms with Crippen LogP contribution in [0, 0.1) is 52.3 Å². The number of para-hydroxylation sites is 1. The van der Waals surface area contributed by atoms with Crippen molar-refractivity contribution in [3.63, 3.8) is 0 Å². The maximum atomic E-state index is 2.75. The highest BCUT2D eigenvalue weighted by molar-refractivity contribution is 5.86. The van der Waals surface area contributed by atoms with Gasteiger partial charge >= 0.3 is 0 Å². The van der Waals surface area contributed by atoms with Crippen LogP contribution in [0.1, 0.15) is 104 Å². The maximum Gasteiger partial charge on any atom is 0.0482 e. The summed E-state index contributed by atoms with van der Waals surface area (Å²) in [5.41, 5.74) is 5.93. The summed E-state index contributed by atoms with van der Waals surface area (Å²) < 4.78 is 2.54. The van der Waals surface area contributed by atoms with Crippen molar-refractivity contribution in [3.05, 3.63) is 35.5 Å². The summed E-state index contributed by atoms with van der Waals surface area (Å²) in [6, 6.07) is 9.22. The second kappa shape index (κ2) is 8.66. The molecule has 0 radical (unpaired) electrons. The van der Waals surface area contributed by atoms with Gasteiger partial charge in [-0.25, -0.2) is 0 Å². The lowest BCUT2D eigenvalue weighted by atomic mass is 9.44. The molecule has 1 aromatic heterocycles. The Morgan fingerprint density at radius 3 is 2.49 bits per heavy atom. The van der Waals surface area contributed by atoms with Gasteiger partial charge in [-0.05, 0) is 115 Å². The van der Waals surface area contributed by atoms with Crippen LogP contribution in [0.3, 0.4) is 0 Å². The molecule has 35 heavy (non-hydrogen) atoms. The van der Waals surface area contributed by atoms with Gasteiger partial charge in [0.15, 0.2) is 0 Å². The van der Waals surface area contributed by atoms with Crippen LogP contribution in [-0.4, -0.2) is 4.57 Å². The lowest BCUT2D eigenvalue weighted by Gasteiger charge is -2.60. The Balaban J connectivity index is 1.25. The summed E-state index contributed by atoms with van der Waals surface area (Å²) in [6.07, 6.45) is 16.0. The standard InChI is InChI=1S/C34H51N/c1-22(2)10-9-11-23(3)28-16-17-29-26-15-14-24-20-32-27(25-12-7-8-13-31(25)35(32)6)21-34(24,5)30(26)18-19-33(28,29)4/h7-8,12-13,22-24,26,28-30H,9-11,14-21H2,1-6H3/t23-,24+,26+,28-,29+,30+,33-,34+/m1/s1. The van der Waals surface area contributed by atoms with Gasteiger partial charge in [0.25, 0.3) is 0 Å². The molecule has 0 unspecified atom stereocenters. The van der Waals surface area contributed by atoms with E-state index in [4.69, 9.17) is 0 Å². The van der Waals surface area contributed by atoms with Crippen LogP contribution in [0.5, 0.6) is 0 Å². The third-order valence-electron chi connectivity index (χ3n) is 12.6. The monoisotopic (exact) mass is 473 g/mol. The molecule has 1 aromatic carbocycles. The number of aryl methyl sites for hydroxylation is 1. The number of benzene rings is 1. The molecule has 4 aliphatic rings. The van der Waals surface area contributed by atoms with Gasteiger partial charge in [0.2, 0.25) is 0 Å². The minimum absolute atomic E-state index is 0.502. The fourth-order valence-electron chi connectivity index (χ4n) is 10.8. The van der Waals surface area contributed by atoms with Gasteiger partial charge in [0.1, 0.15) is 0 Å². The first-order valence-electron chi connectivity index (χ1n) is 15.3. The molecule has 0 spiro atoms. The van der Waals surface area contributed by atoms with Crippen molar-refractivity contribution in [1.82, 2.24) is 4.57 Å². The molecule has 3 fully saturated rings. The van der Waals surface area contributed by atoms with Crippen LogP contribution in [-0.2, 0) is 19.9 Å². The molecule has 2 aromatic rings. The zero-order valence-electron chi connectivity index (χ0n) is 23.6. The first kappa shape index (κ1) is 24.1. The normalized spacial score (nSPS) is 39.2. The molecule has 0 bridgehead atoms. The quantitative estimate of drug-likeness (QED) is 0.408. The van der Waals surface area contributed by atoms with Crippen LogP contribution >= 0.6 is 0 Å². The molecule has 8 atom stereocenters. The highest BCUT2D eigenvalue weighted by atomic mass is 15.0. The summed E-state index contributed by atoms with van der Waals surface area (Å²) in [6.45, 7) is 12.9. The number of hydrogen-bond donors (Lipinski definition) is 0. The lowest BCUT2D eigenvalue weighted by Crippen LogP contribution is -2.54. The van der Waals surface area contributed by atoms with Crippen molar-refractivity contribution < 1.29 is 0 Å². The Kier molecular flexibility index (Phi) is 5.97. The molecule has 3 saturated carbocycles. The predicted molar refractivity (Wildman–Crippen MR) is 150 cm³/mol. The zero-order chi connectivity index (χ0) is 24.5. The Morgan fingerprint density at radius 1 is 0.914 bits per heavy atom. The molecule has 6 rings (SSSR count). The molecular weight excluding hydrogens is 422 g/mol. The summed E-state index contributed by atoms with van der Waals surface area (Å²) in [4.78, 5) is 0. The van der Waals surface area contributed by atoms with Gasteiger partial charge in [-0.15, -0.1) is 0 Å². The van der Waals surface area contributed by atoms with E-state index in [9.17, 15) is 0 Å². The van der Waals surface area contributed by atoms with Crippen molar-refractivity contribution in [2.75, 3.05) is 0 Å². The molecule has 0 N–H and O–H groups in total. The Hall–Kier alpha value is -1.24. The van der Waals surface area contributed by atoms with Gasteiger partial charge in [-0.3, -0.25) is 0 Å². The summed E-state index contributed by atoms with van der Waals surface area (Å²) >= 11 is 0. The smallest absolute Gasteiger partial charge is 0.0482 e. The first-order valence-corrected chi connectivity index (χ1v) is 15.3. The van der Waals surface area contributed by atoms with Gasteiger partial charge in [-0.2, -0.15) is 0 Å². The number of hydrogen-bond acceptors (Lipinski definition) is 0. The summed E-state index contributed by atoms with van der Waals surface area (Å²) in [7, 11) is 2.32. The van der Waals surface area contributed by atoms with E-state index in [-0.39, 0.29) is 0 Å². The van der Waals surface area contributed by atoms with Crippen molar-refractivity contribution in [2.45, 2.75) is 105 Å². The minimum Gasteiger partial charge on any atom is -0.347 e. The molecule has 0 saturated heterocycles. The van der Waals surface area contributed by atoms with Crippen LogP contribution in [0.4, 0.5) is 0 Å². The van der Waals surface area contributed by atoms with Crippen LogP contribution in [0.25, 0.3) is 10.9 Å². The highest BCUT2D eigenvalue weighted by Gasteiger charge is 2.60. The van der Waals surface area contributed by atoms with Crippen LogP contribution in [0.2, 0.25) is 0 Å². The number of rotatable bonds is 5. The van der Waals surface area contributed by atoms with Gasteiger partial charge in [0.05, 0.1) is 0 Å². The fourth-order valence-corrected chi connectivity index (χ4v) is 10.8. The van der Waals surface area contributed by atoms with E-state index in [1.54, 1.807) is 16.6 Å². The number of aromatic nitrogens is 1. The van der Waals surface area contributed by atoms with E-state index in [0.717, 1.165) is 41.4 Å². The fraction of sp³-hybridized carbons (Fsp3) is 0.765. The molecule has 4 aliphatic carbocycles. The Labute approximate surface area is 215 Å². The van der Waals surface area contributed by atoms with Crippen molar-refractivity contribution in [2.24, 2.45) is 59.3 Å². The van der Waals surface area contributed by atoms with Gasteiger partial charge < -0.3 is 4.57 Å². The average molecular weight is 474 g/mol. The minimum atomic E-state index is 0.502. The molecule has 1 heteroatoms. The van der Waals surface area contributed by atoms with Gasteiger partial charge in [-0.1, -0.05) is 72.1 Å². The van der Waals surface area contributed by atoms with Gasteiger partial charge in [0, 0.05) is 23.6 Å². The van der Waals surface area contributed by atoms with E-state index in [1.807, 2.05) is 0 Å². The Bertz CT molecular complexity index is 1080. The summed E-state index contributed by atoms with van der Waals surface area (Å²) in [5, 5.41) is 1.54. The first-order chi connectivity index (χ1) is 16.7. The largest absolute Gasteiger partial charge is 0.347 e. The van der Waals surface area contributed by atoms with Crippen LogP contribution < -0.4 is 0 Å². The predicted octanol–water partition coefficient (Wildman–Crippen LogP) is 9.21. The average Bonchev–Trinajstić information content (AvgIpc) is 3.32. The van der Waals surface area contributed by atoms with E-state index in [0.29, 0.717) is 10.8 Å². The molecule has 0 amide bonds. The maximum absolute atomic E-state index is 2.75. The topological polar surface area (TPSA) is 4.93 Å². The SMILES string of the molecule is CC(C)CCC[C@@H](C)[C@H]1CC[C@H]2[C@@H]3CC[C@H]4Cc5c(c6ccccc6n5C)C[C@]4(C)[C@H]3CC[C@]12C. The molecule has 1 heterocycles. The number of fused-ring (bicyclic) bond motifs is 8. The Morgan fingerprint density at radius 2 is 1.69 bits per heavy atom. The zero-order valence-corrected chi connectivity index (χ0v) is 23.6. The lowest BCUT2D eigenvalue weighted by molar-refractivity contribution is -0.103.